The van der Waals surface area contributed by atoms with E-state index in [1.54, 1.807) is 13.3 Å². The molecule has 1 heterocycles. The first kappa shape index (κ1) is 14.0. The lowest BCUT2D eigenvalue weighted by molar-refractivity contribution is 0.414. The Balaban J connectivity index is 2.11. The predicted molar refractivity (Wildman–Crippen MR) is 89.0 cm³/mol. The first-order valence-electron chi connectivity index (χ1n) is 7.06. The summed E-state index contributed by atoms with van der Waals surface area (Å²) in [6.07, 6.45) is 1.70. The van der Waals surface area contributed by atoms with Gasteiger partial charge in [-0.25, -0.2) is 9.98 Å². The van der Waals surface area contributed by atoms with Crippen LogP contribution in [0.1, 0.15) is 11.1 Å². The van der Waals surface area contributed by atoms with Gasteiger partial charge in [0.2, 0.25) is 0 Å². The third-order valence-electron chi connectivity index (χ3n) is 3.27. The molecule has 0 spiro atoms. The Kier molecular flexibility index (Phi) is 4.25. The van der Waals surface area contributed by atoms with Crippen LogP contribution in [0.15, 0.2) is 84.0 Å². The van der Waals surface area contributed by atoms with Gasteiger partial charge in [-0.15, -0.1) is 0 Å². The molecular formula is C19H16N2O. The van der Waals surface area contributed by atoms with Gasteiger partial charge in [0, 0.05) is 23.4 Å². The van der Waals surface area contributed by atoms with Crippen LogP contribution in [0.5, 0.6) is 5.75 Å². The summed E-state index contributed by atoms with van der Waals surface area (Å²) in [7, 11) is 1.64. The lowest BCUT2D eigenvalue weighted by Gasteiger charge is -2.07. The Morgan fingerprint density at radius 1 is 0.864 bits per heavy atom. The van der Waals surface area contributed by atoms with Gasteiger partial charge in [-0.05, 0) is 6.07 Å². The lowest BCUT2D eigenvalue weighted by Crippen LogP contribution is -2.02. The highest BCUT2D eigenvalue weighted by Gasteiger charge is 2.07. The molecule has 0 radical (unpaired) electrons. The van der Waals surface area contributed by atoms with Crippen molar-refractivity contribution in [1.82, 2.24) is 4.98 Å². The minimum absolute atomic E-state index is 0.627. The van der Waals surface area contributed by atoms with Crippen LogP contribution in [0.25, 0.3) is 0 Å². The van der Waals surface area contributed by atoms with Gasteiger partial charge in [0.05, 0.1) is 12.8 Å². The summed E-state index contributed by atoms with van der Waals surface area (Å²) in [6.45, 7) is 0. The van der Waals surface area contributed by atoms with Crippen LogP contribution < -0.4 is 4.74 Å². The monoisotopic (exact) mass is 288 g/mol. The maximum absolute atomic E-state index is 5.24. The molecule has 22 heavy (non-hydrogen) atoms. The molecule has 0 saturated heterocycles. The van der Waals surface area contributed by atoms with Gasteiger partial charge in [0.1, 0.15) is 5.75 Å². The normalized spacial score (nSPS) is 10.0. The minimum Gasteiger partial charge on any atom is -0.497 e. The molecule has 0 atom stereocenters. The summed E-state index contributed by atoms with van der Waals surface area (Å²) < 4.78 is 5.24. The second-order valence-corrected chi connectivity index (χ2v) is 4.75. The van der Waals surface area contributed by atoms with Crippen LogP contribution in [-0.2, 0) is 0 Å². The van der Waals surface area contributed by atoms with Gasteiger partial charge >= 0.3 is 0 Å². The molecule has 108 valence electrons. The fourth-order valence-corrected chi connectivity index (χ4v) is 2.19. The fraction of sp³-hybridized carbons (Fsp3) is 0.0526. The Morgan fingerprint density at radius 3 is 2.00 bits per heavy atom. The zero-order valence-electron chi connectivity index (χ0n) is 12.3. The molecule has 0 N–H and O–H groups in total. The first-order chi connectivity index (χ1) is 10.9. The summed E-state index contributed by atoms with van der Waals surface area (Å²) in [4.78, 5) is 9.04. The van der Waals surface area contributed by atoms with Gasteiger partial charge < -0.3 is 4.74 Å². The van der Waals surface area contributed by atoms with Gasteiger partial charge in [0.25, 0.3) is 0 Å². The van der Waals surface area contributed by atoms with Crippen LogP contribution in [0.3, 0.4) is 0 Å². The second kappa shape index (κ2) is 6.68. The number of methoxy groups -OCH3 is 1. The van der Waals surface area contributed by atoms with E-state index in [0.717, 1.165) is 22.6 Å². The zero-order valence-corrected chi connectivity index (χ0v) is 12.3. The quantitative estimate of drug-likeness (QED) is 0.672. The molecule has 2 aromatic carbocycles. The third-order valence-corrected chi connectivity index (χ3v) is 3.27. The van der Waals surface area contributed by atoms with Crippen LogP contribution in [0.2, 0.25) is 0 Å². The van der Waals surface area contributed by atoms with E-state index in [0.29, 0.717) is 5.82 Å². The number of aliphatic imine (C=N–C) groups is 1. The van der Waals surface area contributed by atoms with E-state index in [-0.39, 0.29) is 0 Å². The Morgan fingerprint density at radius 2 is 1.45 bits per heavy atom. The standard InChI is InChI=1S/C19H16N2O/c1-22-17-12-13-20-18(14-17)21-19(15-8-4-2-5-9-15)16-10-6-3-7-11-16/h2-14H,1H3. The average molecular weight is 288 g/mol. The summed E-state index contributed by atoms with van der Waals surface area (Å²) >= 11 is 0. The second-order valence-electron chi connectivity index (χ2n) is 4.75. The topological polar surface area (TPSA) is 34.5 Å². The Bertz CT molecular complexity index is 726. The Labute approximate surface area is 130 Å². The average Bonchev–Trinajstić information content (AvgIpc) is 2.61. The van der Waals surface area contributed by atoms with Crippen molar-refractivity contribution in [2.24, 2.45) is 4.99 Å². The number of pyridine rings is 1. The molecule has 0 bridgehead atoms. The van der Waals surface area contributed by atoms with Crippen molar-refractivity contribution in [2.45, 2.75) is 0 Å². The lowest BCUT2D eigenvalue weighted by atomic mass is 10.0. The molecule has 0 amide bonds. The van der Waals surface area contributed by atoms with Crippen molar-refractivity contribution in [3.8, 4) is 5.75 Å². The molecular weight excluding hydrogens is 272 g/mol. The zero-order chi connectivity index (χ0) is 15.2. The van der Waals surface area contributed by atoms with Gasteiger partial charge in [0.15, 0.2) is 5.82 Å². The molecule has 0 unspecified atom stereocenters. The molecule has 0 aliphatic heterocycles. The molecule has 3 aromatic rings. The molecule has 0 fully saturated rings. The number of aromatic nitrogens is 1. The van der Waals surface area contributed by atoms with Crippen molar-refractivity contribution in [3.05, 3.63) is 90.1 Å². The molecule has 3 heteroatoms. The smallest absolute Gasteiger partial charge is 0.156 e. The molecule has 3 rings (SSSR count). The van der Waals surface area contributed by atoms with E-state index in [1.807, 2.05) is 72.8 Å². The van der Waals surface area contributed by atoms with E-state index < -0.39 is 0 Å². The van der Waals surface area contributed by atoms with Crippen molar-refractivity contribution in [1.29, 1.82) is 0 Å². The maximum atomic E-state index is 5.24. The summed E-state index contributed by atoms with van der Waals surface area (Å²) in [5, 5.41) is 0. The van der Waals surface area contributed by atoms with Crippen LogP contribution >= 0.6 is 0 Å². The molecule has 0 aliphatic carbocycles. The van der Waals surface area contributed by atoms with Crippen LogP contribution in [0.4, 0.5) is 5.82 Å². The van der Waals surface area contributed by atoms with Gasteiger partial charge in [-0.1, -0.05) is 60.7 Å². The van der Waals surface area contributed by atoms with Gasteiger partial charge in [-0.2, -0.15) is 0 Å². The van der Waals surface area contributed by atoms with Crippen molar-refractivity contribution in [2.75, 3.05) is 7.11 Å². The molecule has 3 nitrogen and oxygen atoms in total. The van der Waals surface area contributed by atoms with E-state index in [1.165, 1.54) is 0 Å². The van der Waals surface area contributed by atoms with E-state index in [9.17, 15) is 0 Å². The molecule has 0 saturated carbocycles. The van der Waals surface area contributed by atoms with Crippen LogP contribution in [-0.4, -0.2) is 17.8 Å². The highest BCUT2D eigenvalue weighted by atomic mass is 16.5. The highest BCUT2D eigenvalue weighted by Crippen LogP contribution is 2.20. The van der Waals surface area contributed by atoms with Crippen LogP contribution in [0, 0.1) is 0 Å². The van der Waals surface area contributed by atoms with E-state index >= 15 is 0 Å². The predicted octanol–water partition coefficient (Wildman–Crippen LogP) is 4.26. The molecule has 0 aliphatic rings. The number of hydrogen-bond acceptors (Lipinski definition) is 3. The largest absolute Gasteiger partial charge is 0.497 e. The Hall–Kier alpha value is -2.94. The number of ether oxygens (including phenoxy) is 1. The van der Waals surface area contributed by atoms with Crippen molar-refractivity contribution >= 4 is 11.5 Å². The summed E-state index contributed by atoms with van der Waals surface area (Å²) in [5.74, 6) is 1.37. The summed E-state index contributed by atoms with van der Waals surface area (Å²) in [6, 6.07) is 23.8. The van der Waals surface area contributed by atoms with E-state index in [2.05, 4.69) is 4.98 Å². The number of benzene rings is 2. The van der Waals surface area contributed by atoms with Crippen molar-refractivity contribution < 1.29 is 4.74 Å². The number of rotatable bonds is 4. The minimum atomic E-state index is 0.627. The first-order valence-corrected chi connectivity index (χ1v) is 7.06. The number of hydrogen-bond donors (Lipinski definition) is 0. The fourth-order valence-electron chi connectivity index (χ4n) is 2.19. The summed E-state index contributed by atoms with van der Waals surface area (Å²) in [5.41, 5.74) is 3.00. The van der Waals surface area contributed by atoms with Crippen molar-refractivity contribution in [3.63, 3.8) is 0 Å². The SMILES string of the molecule is COc1ccnc(N=C(c2ccccc2)c2ccccc2)c1. The third kappa shape index (κ3) is 3.20. The molecule has 1 aromatic heterocycles. The van der Waals surface area contributed by atoms with Gasteiger partial charge in [-0.3, -0.25) is 0 Å². The number of nitrogens with zero attached hydrogens (tertiary/aromatic N) is 2. The van der Waals surface area contributed by atoms with E-state index in [4.69, 9.17) is 9.73 Å². The highest BCUT2D eigenvalue weighted by molar-refractivity contribution is 6.13. The maximum Gasteiger partial charge on any atom is 0.156 e.